The molecule has 2 heteroatoms. The van der Waals surface area contributed by atoms with Gasteiger partial charge in [0.05, 0.1) is 0 Å². The SMILES string of the molecule is CCCC/C(=N\C)[C@H](C)N. The number of unbranched alkanes of at least 4 members (excludes halogenated alkanes) is 1. The molecule has 0 unspecified atom stereocenters. The number of nitrogens with zero attached hydrogens (tertiary/aromatic N) is 1. The van der Waals surface area contributed by atoms with Crippen molar-refractivity contribution >= 4 is 5.71 Å². The second kappa shape index (κ2) is 5.42. The van der Waals surface area contributed by atoms with Crippen LogP contribution in [0.15, 0.2) is 4.99 Å². The quantitative estimate of drug-likeness (QED) is 0.595. The Balaban J connectivity index is 3.63. The fourth-order valence-corrected chi connectivity index (χ4v) is 0.901. The second-order valence-electron chi connectivity index (χ2n) is 2.61. The summed E-state index contributed by atoms with van der Waals surface area (Å²) in [5, 5.41) is 0. The van der Waals surface area contributed by atoms with Gasteiger partial charge in [0, 0.05) is 18.8 Å². The Morgan fingerprint density at radius 1 is 1.60 bits per heavy atom. The summed E-state index contributed by atoms with van der Waals surface area (Å²) in [4.78, 5) is 4.12. The summed E-state index contributed by atoms with van der Waals surface area (Å²) in [5.74, 6) is 0. The average molecular weight is 142 g/mol. The molecule has 0 rings (SSSR count). The van der Waals surface area contributed by atoms with E-state index in [2.05, 4.69) is 11.9 Å². The van der Waals surface area contributed by atoms with E-state index in [1.54, 1.807) is 0 Å². The summed E-state index contributed by atoms with van der Waals surface area (Å²) in [7, 11) is 1.81. The van der Waals surface area contributed by atoms with Crippen molar-refractivity contribution in [3.8, 4) is 0 Å². The van der Waals surface area contributed by atoms with Gasteiger partial charge in [0.25, 0.3) is 0 Å². The number of hydrogen-bond acceptors (Lipinski definition) is 2. The van der Waals surface area contributed by atoms with E-state index in [1.807, 2.05) is 14.0 Å². The van der Waals surface area contributed by atoms with Crippen molar-refractivity contribution in [2.75, 3.05) is 7.05 Å². The average Bonchev–Trinajstić information content (AvgIpc) is 1.89. The zero-order chi connectivity index (χ0) is 7.98. The van der Waals surface area contributed by atoms with Gasteiger partial charge < -0.3 is 5.73 Å². The van der Waals surface area contributed by atoms with Gasteiger partial charge in [-0.05, 0) is 19.8 Å². The molecule has 0 saturated heterocycles. The van der Waals surface area contributed by atoms with Crippen LogP contribution < -0.4 is 5.73 Å². The molecule has 0 aromatic heterocycles. The van der Waals surface area contributed by atoms with E-state index in [0.717, 1.165) is 12.1 Å². The smallest absolute Gasteiger partial charge is 0.0396 e. The molecule has 1 atom stereocenters. The fraction of sp³-hybridized carbons (Fsp3) is 0.875. The monoisotopic (exact) mass is 142 g/mol. The molecule has 0 aliphatic rings. The van der Waals surface area contributed by atoms with Crippen LogP contribution in [0.2, 0.25) is 0 Å². The first-order chi connectivity index (χ1) is 4.72. The van der Waals surface area contributed by atoms with Crippen LogP contribution >= 0.6 is 0 Å². The minimum Gasteiger partial charge on any atom is -0.323 e. The van der Waals surface area contributed by atoms with Gasteiger partial charge in [0.15, 0.2) is 0 Å². The predicted molar refractivity (Wildman–Crippen MR) is 46.5 cm³/mol. The van der Waals surface area contributed by atoms with Gasteiger partial charge in [-0.15, -0.1) is 0 Å². The molecule has 10 heavy (non-hydrogen) atoms. The standard InChI is InChI=1S/C8H18N2/c1-4-5-6-8(10-3)7(2)9/h7H,4-6,9H2,1-3H3/b10-8+/t7-/m0/s1. The lowest BCUT2D eigenvalue weighted by atomic mass is 10.1. The Morgan fingerprint density at radius 3 is 2.50 bits per heavy atom. The van der Waals surface area contributed by atoms with E-state index in [9.17, 15) is 0 Å². The molecular formula is C8H18N2. The van der Waals surface area contributed by atoms with E-state index < -0.39 is 0 Å². The molecule has 0 aliphatic heterocycles. The molecular weight excluding hydrogens is 124 g/mol. The molecule has 2 nitrogen and oxygen atoms in total. The number of nitrogens with two attached hydrogens (primary N) is 1. The summed E-state index contributed by atoms with van der Waals surface area (Å²) in [6.45, 7) is 4.16. The zero-order valence-corrected chi connectivity index (χ0v) is 7.22. The lowest BCUT2D eigenvalue weighted by Crippen LogP contribution is -2.26. The lowest BCUT2D eigenvalue weighted by Gasteiger charge is -2.07. The van der Waals surface area contributed by atoms with E-state index in [4.69, 9.17) is 5.73 Å². The predicted octanol–water partition coefficient (Wildman–Crippen LogP) is 1.59. The third-order valence-electron chi connectivity index (χ3n) is 1.60. The number of hydrogen-bond donors (Lipinski definition) is 1. The van der Waals surface area contributed by atoms with Crippen molar-refractivity contribution in [2.24, 2.45) is 10.7 Å². The van der Waals surface area contributed by atoms with Crippen molar-refractivity contribution in [3.05, 3.63) is 0 Å². The highest BCUT2D eigenvalue weighted by Gasteiger charge is 2.01. The van der Waals surface area contributed by atoms with Gasteiger partial charge >= 0.3 is 0 Å². The maximum absolute atomic E-state index is 5.66. The molecule has 0 amide bonds. The van der Waals surface area contributed by atoms with Crippen LogP contribution in [0.25, 0.3) is 0 Å². The molecule has 60 valence electrons. The van der Waals surface area contributed by atoms with E-state index in [-0.39, 0.29) is 6.04 Å². The molecule has 0 fully saturated rings. The zero-order valence-electron chi connectivity index (χ0n) is 7.22. The Hall–Kier alpha value is -0.370. The van der Waals surface area contributed by atoms with Gasteiger partial charge in [0.1, 0.15) is 0 Å². The van der Waals surface area contributed by atoms with Crippen molar-refractivity contribution in [1.29, 1.82) is 0 Å². The second-order valence-corrected chi connectivity index (χ2v) is 2.61. The van der Waals surface area contributed by atoms with E-state index in [1.165, 1.54) is 12.8 Å². The first kappa shape index (κ1) is 9.63. The van der Waals surface area contributed by atoms with Gasteiger partial charge in [-0.1, -0.05) is 13.3 Å². The minimum absolute atomic E-state index is 0.136. The number of aliphatic imine (C=N–C) groups is 1. The highest BCUT2D eigenvalue weighted by Crippen LogP contribution is 1.99. The Labute approximate surface area is 63.5 Å². The molecule has 0 heterocycles. The molecule has 0 aromatic carbocycles. The van der Waals surface area contributed by atoms with Gasteiger partial charge in [-0.25, -0.2) is 0 Å². The molecule has 0 bridgehead atoms. The third kappa shape index (κ3) is 3.62. The van der Waals surface area contributed by atoms with Crippen LogP contribution in [0, 0.1) is 0 Å². The summed E-state index contributed by atoms with van der Waals surface area (Å²) in [6.07, 6.45) is 3.48. The lowest BCUT2D eigenvalue weighted by molar-refractivity contribution is 0.804. The minimum atomic E-state index is 0.136. The van der Waals surface area contributed by atoms with Crippen LogP contribution in [0.5, 0.6) is 0 Å². The van der Waals surface area contributed by atoms with Gasteiger partial charge in [-0.2, -0.15) is 0 Å². The van der Waals surface area contributed by atoms with Crippen LogP contribution in [0.3, 0.4) is 0 Å². The fourth-order valence-electron chi connectivity index (χ4n) is 0.901. The molecule has 0 aromatic rings. The molecule has 0 aliphatic carbocycles. The van der Waals surface area contributed by atoms with Gasteiger partial charge in [-0.3, -0.25) is 4.99 Å². The number of rotatable bonds is 4. The first-order valence-corrected chi connectivity index (χ1v) is 3.93. The van der Waals surface area contributed by atoms with E-state index in [0.29, 0.717) is 0 Å². The van der Waals surface area contributed by atoms with Crippen LogP contribution in [-0.2, 0) is 0 Å². The topological polar surface area (TPSA) is 38.4 Å². The van der Waals surface area contributed by atoms with Crippen molar-refractivity contribution in [3.63, 3.8) is 0 Å². The van der Waals surface area contributed by atoms with Crippen LogP contribution in [-0.4, -0.2) is 18.8 Å². The summed E-state index contributed by atoms with van der Waals surface area (Å²) in [6, 6.07) is 0.136. The summed E-state index contributed by atoms with van der Waals surface area (Å²) in [5.41, 5.74) is 6.80. The van der Waals surface area contributed by atoms with Crippen LogP contribution in [0.4, 0.5) is 0 Å². The van der Waals surface area contributed by atoms with Crippen molar-refractivity contribution in [2.45, 2.75) is 39.2 Å². The van der Waals surface area contributed by atoms with Crippen LogP contribution in [0.1, 0.15) is 33.1 Å². The van der Waals surface area contributed by atoms with Crippen molar-refractivity contribution in [1.82, 2.24) is 0 Å². The normalized spacial score (nSPS) is 15.4. The van der Waals surface area contributed by atoms with Crippen molar-refractivity contribution < 1.29 is 0 Å². The Kier molecular flexibility index (Phi) is 5.22. The highest BCUT2D eigenvalue weighted by molar-refractivity contribution is 5.88. The molecule has 0 radical (unpaired) electrons. The summed E-state index contributed by atoms with van der Waals surface area (Å²) < 4.78 is 0. The van der Waals surface area contributed by atoms with Gasteiger partial charge in [0.2, 0.25) is 0 Å². The Morgan fingerprint density at radius 2 is 2.20 bits per heavy atom. The summed E-state index contributed by atoms with van der Waals surface area (Å²) >= 11 is 0. The molecule has 2 N–H and O–H groups in total. The highest BCUT2D eigenvalue weighted by atomic mass is 14.8. The molecule has 0 spiro atoms. The first-order valence-electron chi connectivity index (χ1n) is 3.93. The third-order valence-corrected chi connectivity index (χ3v) is 1.60. The largest absolute Gasteiger partial charge is 0.323 e. The maximum atomic E-state index is 5.66. The maximum Gasteiger partial charge on any atom is 0.0396 e. The van der Waals surface area contributed by atoms with E-state index >= 15 is 0 Å². The Bertz CT molecular complexity index is 106. The molecule has 0 saturated carbocycles.